The third kappa shape index (κ3) is 3.12. The second kappa shape index (κ2) is 6.05. The van der Waals surface area contributed by atoms with E-state index in [1.807, 2.05) is 0 Å². The number of benzene rings is 1. The van der Waals surface area contributed by atoms with Crippen LogP contribution in [-0.2, 0) is 10.8 Å². The van der Waals surface area contributed by atoms with Gasteiger partial charge >= 0.3 is 137 Å². The molecule has 1 nitrogen and oxygen atoms in total. The Bertz CT molecular complexity index is 492. The van der Waals surface area contributed by atoms with Crippen molar-refractivity contribution in [2.24, 2.45) is 0 Å². The molecule has 3 heteroatoms. The first-order chi connectivity index (χ1) is 9.31. The Morgan fingerprint density at radius 2 is 1.80 bits per heavy atom. The zero-order valence-corrected chi connectivity index (χ0v) is 16.8. The van der Waals surface area contributed by atoms with Crippen LogP contribution in [0.1, 0.15) is 65.0 Å². The summed E-state index contributed by atoms with van der Waals surface area (Å²) >= 11 is 3.21. The average molecular weight is 404 g/mol. The van der Waals surface area contributed by atoms with E-state index in [0.29, 0.717) is 13.1 Å². The van der Waals surface area contributed by atoms with Crippen LogP contribution in [-0.4, -0.2) is 33.9 Å². The average Bonchev–Trinajstić information content (AvgIpc) is 2.40. The number of ether oxygens (including phenoxy) is 1. The molecule has 0 spiro atoms. The molecule has 0 unspecified atom stereocenters. The van der Waals surface area contributed by atoms with E-state index in [0.717, 1.165) is 18.8 Å². The van der Waals surface area contributed by atoms with Crippen LogP contribution >= 0.6 is 0 Å². The van der Waals surface area contributed by atoms with Crippen molar-refractivity contribution in [3.63, 3.8) is 0 Å². The molecule has 20 heavy (non-hydrogen) atoms. The van der Waals surface area contributed by atoms with Crippen LogP contribution in [0.5, 0.6) is 5.75 Å². The molecule has 0 saturated carbocycles. The predicted molar refractivity (Wildman–Crippen MR) is 90.1 cm³/mol. The fourth-order valence-corrected chi connectivity index (χ4v) is 4.93. The maximum atomic E-state index is 6.13. The van der Waals surface area contributed by atoms with Gasteiger partial charge in [-0.15, -0.1) is 0 Å². The number of fused-ring (bicyclic) bond motifs is 1. The molecule has 0 bridgehead atoms. The maximum absolute atomic E-state index is 6.13. The summed E-state index contributed by atoms with van der Waals surface area (Å²) in [6, 6.07) is 4.73. The van der Waals surface area contributed by atoms with Crippen LogP contribution in [0.15, 0.2) is 12.1 Å². The van der Waals surface area contributed by atoms with E-state index in [4.69, 9.17) is 4.74 Å². The first kappa shape index (κ1) is 16.4. The van der Waals surface area contributed by atoms with Crippen LogP contribution in [0.2, 0.25) is 0 Å². The number of hydrogen-bond acceptors (Lipinski definition) is 1. The number of rotatable bonds is 4. The topological polar surface area (TPSA) is 9.23 Å². The van der Waals surface area contributed by atoms with Gasteiger partial charge in [-0.25, -0.2) is 0 Å². The Hall–Kier alpha value is 0.0590. The van der Waals surface area contributed by atoms with Crippen molar-refractivity contribution in [1.82, 2.24) is 0 Å². The van der Waals surface area contributed by atoms with Gasteiger partial charge in [0.1, 0.15) is 0 Å². The fourth-order valence-electron chi connectivity index (χ4n) is 3.09. The van der Waals surface area contributed by atoms with Crippen LogP contribution in [0.3, 0.4) is 0 Å². The normalized spacial score (nSPS) is 19.5. The molecule has 112 valence electrons. The van der Waals surface area contributed by atoms with Crippen molar-refractivity contribution in [2.75, 3.05) is 6.61 Å². The molecule has 0 saturated heterocycles. The summed E-state index contributed by atoms with van der Waals surface area (Å²) in [6.07, 6.45) is 3.56. The van der Waals surface area contributed by atoms with Gasteiger partial charge in [0, 0.05) is 0 Å². The Morgan fingerprint density at radius 3 is 2.40 bits per heavy atom. The van der Waals surface area contributed by atoms with Gasteiger partial charge in [-0.1, -0.05) is 0 Å². The summed E-state index contributed by atoms with van der Waals surface area (Å²) in [5.74, 6) is 1.14. The van der Waals surface area contributed by atoms with Gasteiger partial charge in [0.25, 0.3) is 0 Å². The van der Waals surface area contributed by atoms with Crippen molar-refractivity contribution in [2.45, 2.75) is 64.7 Å². The Morgan fingerprint density at radius 1 is 1.15 bits per heavy atom. The van der Waals surface area contributed by atoms with Gasteiger partial charge in [-0.2, -0.15) is 0 Å². The standard InChI is InChI=1S/C17H26OSe2/c1-6-9-18-14-11-12(20-19)10-13-15(14)17(4,5)8-7-16(13,2)3/h10-11,19H,6-9H2,1-5H3. The van der Waals surface area contributed by atoms with E-state index in [-0.39, 0.29) is 10.8 Å². The Kier molecular flexibility index (Phi) is 4.97. The van der Waals surface area contributed by atoms with E-state index in [1.165, 1.54) is 28.4 Å². The van der Waals surface area contributed by atoms with E-state index < -0.39 is 0 Å². The second-order valence-corrected chi connectivity index (χ2v) is 10.4. The molecule has 1 aromatic rings. The zero-order chi connectivity index (χ0) is 15.0. The zero-order valence-electron chi connectivity index (χ0n) is 13.2. The van der Waals surface area contributed by atoms with Crippen molar-refractivity contribution in [3.05, 3.63) is 23.3 Å². The summed E-state index contributed by atoms with van der Waals surface area (Å²) in [7, 11) is 0. The van der Waals surface area contributed by atoms with Gasteiger partial charge in [0.05, 0.1) is 0 Å². The van der Waals surface area contributed by atoms with Crippen LogP contribution in [0.25, 0.3) is 0 Å². The summed E-state index contributed by atoms with van der Waals surface area (Å²) in [4.78, 5) is 0. The second-order valence-electron chi connectivity index (χ2n) is 7.05. The molecule has 1 aromatic carbocycles. The quantitative estimate of drug-likeness (QED) is 0.702. The van der Waals surface area contributed by atoms with Crippen LogP contribution in [0, 0.1) is 0 Å². The van der Waals surface area contributed by atoms with Gasteiger partial charge in [0.2, 0.25) is 0 Å². The number of hydrogen-bond donors (Lipinski definition) is 0. The molecule has 2 rings (SSSR count). The molecule has 1 aliphatic rings. The Labute approximate surface area is 136 Å². The molecule has 0 radical (unpaired) electrons. The third-order valence-electron chi connectivity index (χ3n) is 4.42. The molecule has 0 aliphatic heterocycles. The van der Waals surface area contributed by atoms with Gasteiger partial charge in [-0.3, -0.25) is 0 Å². The molecule has 1 aliphatic carbocycles. The van der Waals surface area contributed by atoms with E-state index >= 15 is 0 Å². The molecular weight excluding hydrogens is 378 g/mol. The van der Waals surface area contributed by atoms with Crippen molar-refractivity contribution >= 4 is 31.8 Å². The summed E-state index contributed by atoms with van der Waals surface area (Å²) < 4.78 is 7.57. The predicted octanol–water partition coefficient (Wildman–Crippen LogP) is 2.97. The molecule has 0 fully saturated rings. The third-order valence-corrected chi connectivity index (χ3v) is 7.66. The molecule has 0 amide bonds. The Balaban J connectivity index is 2.62. The van der Waals surface area contributed by atoms with Crippen LogP contribution in [0.4, 0.5) is 0 Å². The van der Waals surface area contributed by atoms with Gasteiger partial charge < -0.3 is 0 Å². The monoisotopic (exact) mass is 406 g/mol. The summed E-state index contributed by atoms with van der Waals surface area (Å²) in [6.45, 7) is 12.5. The van der Waals surface area contributed by atoms with E-state index in [1.54, 1.807) is 0 Å². The molecule has 0 heterocycles. The van der Waals surface area contributed by atoms with Crippen molar-refractivity contribution < 1.29 is 4.74 Å². The van der Waals surface area contributed by atoms with Crippen molar-refractivity contribution in [1.29, 1.82) is 0 Å². The first-order valence-electron chi connectivity index (χ1n) is 7.45. The molecule has 0 aromatic heterocycles. The van der Waals surface area contributed by atoms with Gasteiger partial charge in [-0.05, 0) is 0 Å². The minimum absolute atomic E-state index is 0.224. The van der Waals surface area contributed by atoms with E-state index in [2.05, 4.69) is 60.9 Å². The van der Waals surface area contributed by atoms with E-state index in [9.17, 15) is 0 Å². The molecule has 0 atom stereocenters. The fraction of sp³-hybridized carbons (Fsp3) is 0.647. The minimum atomic E-state index is 0.224. The molecular formula is C17H26OSe2. The first-order valence-corrected chi connectivity index (χ1v) is 13.1. The molecule has 0 N–H and O–H groups in total. The summed E-state index contributed by atoms with van der Waals surface area (Å²) in [5, 5.41) is 0. The van der Waals surface area contributed by atoms with Crippen molar-refractivity contribution in [3.8, 4) is 5.75 Å². The van der Waals surface area contributed by atoms with Crippen LogP contribution < -0.4 is 9.20 Å². The van der Waals surface area contributed by atoms with Gasteiger partial charge in [0.15, 0.2) is 0 Å². The summed E-state index contributed by atoms with van der Waals surface area (Å²) in [5.41, 5.74) is 3.47. The SMILES string of the molecule is CCCOc1cc([Se][SeH])cc2c1C(C)(C)CCC2(C)C.